The van der Waals surface area contributed by atoms with Gasteiger partial charge in [0.1, 0.15) is 6.61 Å². The topological polar surface area (TPSA) is 106 Å². The molecule has 8 heteroatoms. The molecule has 1 saturated heterocycles. The van der Waals surface area contributed by atoms with E-state index in [1.54, 1.807) is 19.2 Å². The third kappa shape index (κ3) is 4.77. The minimum absolute atomic E-state index is 0.0405. The zero-order valence-electron chi connectivity index (χ0n) is 28.6. The highest BCUT2D eigenvalue weighted by Gasteiger charge is 2.79. The van der Waals surface area contributed by atoms with E-state index in [-0.39, 0.29) is 24.0 Å². The number of fused-ring (bicyclic) bond motifs is 7. The van der Waals surface area contributed by atoms with Gasteiger partial charge in [0.2, 0.25) is 0 Å². The molecule has 0 bridgehead atoms. The summed E-state index contributed by atoms with van der Waals surface area (Å²) in [4.78, 5) is 30.7. The second-order valence-corrected chi connectivity index (χ2v) is 15.9. The van der Waals surface area contributed by atoms with Gasteiger partial charge in [-0.2, -0.15) is 0 Å². The number of benzene rings is 1. The summed E-state index contributed by atoms with van der Waals surface area (Å²) in [7, 11) is 0. The van der Waals surface area contributed by atoms with Gasteiger partial charge in [-0.25, -0.2) is 4.39 Å². The number of nitrogens with zero attached hydrogens (tertiary/aromatic N) is 1. The number of hydrogen-bond donors (Lipinski definition) is 2. The monoisotopic (exact) mass is 657 g/mol. The summed E-state index contributed by atoms with van der Waals surface area (Å²) < 4.78 is 30.8. The number of pyridine rings is 1. The molecule has 4 aliphatic carbocycles. The van der Waals surface area contributed by atoms with Crippen LogP contribution in [-0.2, 0) is 31.9 Å². The summed E-state index contributed by atoms with van der Waals surface area (Å²) in [5.41, 5.74) is -0.825. The maximum absolute atomic E-state index is 17.6. The molecule has 10 atom stereocenters. The van der Waals surface area contributed by atoms with Crippen LogP contribution in [0.3, 0.4) is 0 Å². The Bertz CT molecular complexity index is 1650. The fraction of sp³-hybridized carbons (Fsp3) is 0.575. The number of alkyl halides is 1. The Balaban J connectivity index is 1.12. The minimum Gasteiger partial charge on any atom is -0.390 e. The highest BCUT2D eigenvalue weighted by Crippen LogP contribution is 2.72. The van der Waals surface area contributed by atoms with Crippen molar-refractivity contribution in [2.75, 3.05) is 6.61 Å². The summed E-state index contributed by atoms with van der Waals surface area (Å²) in [5, 5.41) is 22.0. The molecule has 1 aromatic heterocycles. The van der Waals surface area contributed by atoms with Crippen LogP contribution in [0, 0.1) is 28.6 Å². The van der Waals surface area contributed by atoms with E-state index < -0.39 is 58.9 Å². The number of ketones is 2. The Labute approximate surface area is 282 Å². The van der Waals surface area contributed by atoms with E-state index in [9.17, 15) is 19.8 Å². The number of rotatable bonds is 8. The lowest BCUT2D eigenvalue weighted by Crippen LogP contribution is -2.69. The molecule has 0 unspecified atom stereocenters. The number of aromatic nitrogens is 1. The maximum atomic E-state index is 17.6. The number of halogens is 1. The number of allylic oxidation sites excluding steroid dienone is 4. The van der Waals surface area contributed by atoms with E-state index in [0.29, 0.717) is 36.3 Å². The Morgan fingerprint density at radius 1 is 1.08 bits per heavy atom. The summed E-state index contributed by atoms with van der Waals surface area (Å²) in [6.07, 6.45) is 6.32. The van der Waals surface area contributed by atoms with Crippen LogP contribution in [-0.4, -0.2) is 56.8 Å². The van der Waals surface area contributed by atoms with Crippen molar-refractivity contribution in [2.45, 2.75) is 109 Å². The van der Waals surface area contributed by atoms with Gasteiger partial charge in [-0.05, 0) is 92.5 Å². The number of aliphatic hydroxyl groups excluding tert-OH is 2. The van der Waals surface area contributed by atoms with Gasteiger partial charge in [0, 0.05) is 34.2 Å². The van der Waals surface area contributed by atoms with E-state index in [2.05, 4.69) is 45.0 Å². The second-order valence-electron chi connectivity index (χ2n) is 15.9. The Morgan fingerprint density at radius 2 is 1.83 bits per heavy atom. The van der Waals surface area contributed by atoms with Crippen molar-refractivity contribution in [1.29, 1.82) is 0 Å². The largest absolute Gasteiger partial charge is 0.390 e. The SMILES string of the molecule is CC(C)Cc1ccc([C@H](C)Cc2ccc([C@@H]3O[C@@H]4C[C@H]5[C@@H]6CCC7=CC(=O)C=C[C@]7(C)[C@@]6(F)[C@@H](O)C[C@]5(C)[C@]4(C(=O)CO)O3)cn2)cc1. The Hall–Kier alpha value is -3.04. The molecule has 0 spiro atoms. The molecule has 7 rings (SSSR count). The number of aliphatic hydroxyl groups is 2. The lowest BCUT2D eigenvalue weighted by atomic mass is 9.44. The van der Waals surface area contributed by atoms with Crippen LogP contribution >= 0.6 is 0 Å². The number of Topliss-reactive ketones (excluding diaryl/α,β-unsaturated/α-hetero) is 1. The van der Waals surface area contributed by atoms with E-state index in [1.807, 2.05) is 19.1 Å². The van der Waals surface area contributed by atoms with Gasteiger partial charge in [-0.3, -0.25) is 14.6 Å². The van der Waals surface area contributed by atoms with Gasteiger partial charge < -0.3 is 19.7 Å². The van der Waals surface area contributed by atoms with Gasteiger partial charge in [-0.1, -0.05) is 69.7 Å². The third-order valence-electron chi connectivity index (χ3n) is 12.8. The fourth-order valence-electron chi connectivity index (χ4n) is 10.3. The van der Waals surface area contributed by atoms with Crippen LogP contribution < -0.4 is 0 Å². The first-order valence-electron chi connectivity index (χ1n) is 17.6. The number of carbonyl (C=O) groups is 2. The average molecular weight is 658 g/mol. The molecule has 2 N–H and O–H groups in total. The van der Waals surface area contributed by atoms with Crippen LogP contribution in [0.2, 0.25) is 0 Å². The first kappa shape index (κ1) is 33.5. The molecule has 7 nitrogen and oxygen atoms in total. The first-order chi connectivity index (χ1) is 22.8. The van der Waals surface area contributed by atoms with Gasteiger partial charge in [0.15, 0.2) is 29.1 Å². The molecule has 2 aromatic rings. The van der Waals surface area contributed by atoms with Crippen molar-refractivity contribution < 1.29 is 33.7 Å². The maximum Gasteiger partial charge on any atom is 0.193 e. The van der Waals surface area contributed by atoms with Gasteiger partial charge in [-0.15, -0.1) is 0 Å². The zero-order valence-corrected chi connectivity index (χ0v) is 28.6. The zero-order chi connectivity index (χ0) is 34.2. The standard InChI is InChI=1S/C40H48FNO6/c1-23(2)16-25-6-8-26(9-7-25)24(3)17-29-12-10-27(21-42-29)36-47-35-19-32-31-13-11-28-18-30(44)14-15-37(28,4)39(31,41)33(45)20-38(32,5)40(35,48-36)34(46)22-43/h6-10,12,14-15,18,21,23-24,31-33,35-36,43,45H,11,13,16-17,19-20,22H2,1-5H3/t24-,31+,32+,33+,35-,36-,37+,38+,39+,40-/m1/s1. The molecule has 256 valence electrons. The van der Waals surface area contributed by atoms with Crippen LogP contribution in [0.5, 0.6) is 0 Å². The summed E-state index contributed by atoms with van der Waals surface area (Å²) in [6, 6.07) is 12.7. The van der Waals surface area contributed by atoms with Crippen molar-refractivity contribution in [2.24, 2.45) is 28.6 Å². The van der Waals surface area contributed by atoms with Crippen LogP contribution in [0.4, 0.5) is 4.39 Å². The highest BCUT2D eigenvalue weighted by atomic mass is 19.1. The Kier molecular flexibility index (Phi) is 8.22. The van der Waals surface area contributed by atoms with E-state index >= 15 is 4.39 Å². The molecule has 3 saturated carbocycles. The Morgan fingerprint density at radius 3 is 2.50 bits per heavy atom. The first-order valence-corrected chi connectivity index (χ1v) is 17.6. The molecule has 48 heavy (non-hydrogen) atoms. The summed E-state index contributed by atoms with van der Waals surface area (Å²) in [6.45, 7) is 9.55. The molecule has 0 radical (unpaired) electrons. The highest BCUT2D eigenvalue weighted by molar-refractivity contribution is 6.01. The fourth-order valence-corrected chi connectivity index (χ4v) is 10.3. The second kappa shape index (κ2) is 11.8. The van der Waals surface area contributed by atoms with Crippen molar-refractivity contribution in [3.63, 3.8) is 0 Å². The van der Waals surface area contributed by atoms with Crippen molar-refractivity contribution in [3.8, 4) is 0 Å². The molecule has 5 aliphatic rings. The number of carbonyl (C=O) groups excluding carboxylic acids is 2. The van der Waals surface area contributed by atoms with Crippen LogP contribution in [0.1, 0.15) is 94.9 Å². The average Bonchev–Trinajstić information content (AvgIpc) is 3.55. The molecule has 2 heterocycles. The minimum atomic E-state index is -2.03. The number of hydrogen-bond acceptors (Lipinski definition) is 7. The van der Waals surface area contributed by atoms with Gasteiger partial charge >= 0.3 is 0 Å². The molecule has 1 aliphatic heterocycles. The lowest BCUT2D eigenvalue weighted by molar-refractivity contribution is -0.231. The third-order valence-corrected chi connectivity index (χ3v) is 12.8. The van der Waals surface area contributed by atoms with E-state index in [1.165, 1.54) is 23.3 Å². The smallest absolute Gasteiger partial charge is 0.193 e. The molecule has 0 amide bonds. The molecular formula is C40H48FNO6. The quantitative estimate of drug-likeness (QED) is 0.342. The molecule has 4 fully saturated rings. The van der Waals surface area contributed by atoms with Crippen molar-refractivity contribution >= 4 is 11.6 Å². The van der Waals surface area contributed by atoms with Gasteiger partial charge in [0.25, 0.3) is 0 Å². The normalized spacial score (nSPS) is 39.0. The van der Waals surface area contributed by atoms with Crippen molar-refractivity contribution in [3.05, 3.63) is 88.8 Å². The van der Waals surface area contributed by atoms with E-state index in [0.717, 1.165) is 18.5 Å². The van der Waals surface area contributed by atoms with E-state index in [4.69, 9.17) is 14.5 Å². The van der Waals surface area contributed by atoms with Gasteiger partial charge in [0.05, 0.1) is 12.2 Å². The summed E-state index contributed by atoms with van der Waals surface area (Å²) in [5.74, 6) is -0.738. The predicted molar refractivity (Wildman–Crippen MR) is 179 cm³/mol. The van der Waals surface area contributed by atoms with Crippen molar-refractivity contribution in [1.82, 2.24) is 4.98 Å². The predicted octanol–water partition coefficient (Wildman–Crippen LogP) is 6.32. The lowest BCUT2D eigenvalue weighted by Gasteiger charge is -2.62. The molecule has 1 aromatic carbocycles. The summed E-state index contributed by atoms with van der Waals surface area (Å²) >= 11 is 0. The molecular weight excluding hydrogens is 609 g/mol. The number of ether oxygens (including phenoxy) is 2. The van der Waals surface area contributed by atoms with Crippen LogP contribution in [0.15, 0.2) is 66.4 Å². The van der Waals surface area contributed by atoms with Crippen LogP contribution in [0.25, 0.3) is 0 Å².